The van der Waals surface area contributed by atoms with Crippen molar-refractivity contribution in [2.45, 2.75) is 25.8 Å². The summed E-state index contributed by atoms with van der Waals surface area (Å²) in [6, 6.07) is 3.55. The lowest BCUT2D eigenvalue weighted by atomic mass is 10.1. The fourth-order valence-corrected chi connectivity index (χ4v) is 2.43. The lowest BCUT2D eigenvalue weighted by Crippen LogP contribution is -2.31. The van der Waals surface area contributed by atoms with Gasteiger partial charge in [0.25, 0.3) is 5.91 Å². The Balaban J connectivity index is 1.62. The molecule has 0 atom stereocenters. The molecule has 2 aromatic rings. The molecular weight excluding hydrogens is 268 g/mol. The predicted octanol–water partition coefficient (Wildman–Crippen LogP) is 1.99. The number of hydrogen-bond acceptors (Lipinski definition) is 5. The van der Waals surface area contributed by atoms with E-state index >= 15 is 0 Å². The lowest BCUT2D eigenvalue weighted by Gasteiger charge is -2.27. The first-order chi connectivity index (χ1) is 10.3. The number of hydrogen-bond donors (Lipinski definition) is 1. The molecule has 0 unspecified atom stereocenters. The minimum atomic E-state index is -0.185. The number of furan rings is 1. The number of rotatable bonds is 4. The summed E-state index contributed by atoms with van der Waals surface area (Å²) in [6.07, 6.45) is 8.33. The third-order valence-corrected chi connectivity index (χ3v) is 3.56. The summed E-state index contributed by atoms with van der Waals surface area (Å²) in [7, 11) is 0. The highest BCUT2D eigenvalue weighted by Gasteiger charge is 2.13. The van der Waals surface area contributed by atoms with Crippen LogP contribution in [0.4, 0.5) is 5.82 Å². The van der Waals surface area contributed by atoms with Gasteiger partial charge < -0.3 is 14.6 Å². The van der Waals surface area contributed by atoms with Crippen molar-refractivity contribution in [2.75, 3.05) is 18.0 Å². The average molecular weight is 286 g/mol. The molecule has 1 aliphatic heterocycles. The topological polar surface area (TPSA) is 71.3 Å². The van der Waals surface area contributed by atoms with Crippen molar-refractivity contribution >= 4 is 11.7 Å². The van der Waals surface area contributed by atoms with Crippen LogP contribution in [-0.4, -0.2) is 29.0 Å². The molecule has 6 nitrogen and oxygen atoms in total. The molecule has 1 fully saturated rings. The molecular formula is C15H18N4O2. The van der Waals surface area contributed by atoms with Gasteiger partial charge in [0, 0.05) is 19.3 Å². The number of amides is 1. The zero-order valence-corrected chi connectivity index (χ0v) is 11.8. The third-order valence-electron chi connectivity index (χ3n) is 3.56. The Morgan fingerprint density at radius 2 is 2.14 bits per heavy atom. The van der Waals surface area contributed by atoms with Crippen molar-refractivity contribution in [1.82, 2.24) is 15.3 Å². The first kappa shape index (κ1) is 13.6. The predicted molar refractivity (Wildman–Crippen MR) is 78.0 cm³/mol. The van der Waals surface area contributed by atoms with E-state index in [1.807, 2.05) is 6.07 Å². The van der Waals surface area contributed by atoms with Crippen LogP contribution in [0.3, 0.4) is 0 Å². The van der Waals surface area contributed by atoms with Crippen molar-refractivity contribution in [3.8, 4) is 0 Å². The second-order valence-electron chi connectivity index (χ2n) is 5.07. The van der Waals surface area contributed by atoms with Gasteiger partial charge in [-0.3, -0.25) is 4.79 Å². The van der Waals surface area contributed by atoms with Gasteiger partial charge in [-0.05, 0) is 31.4 Å². The Morgan fingerprint density at radius 3 is 2.90 bits per heavy atom. The van der Waals surface area contributed by atoms with Gasteiger partial charge in [-0.2, -0.15) is 0 Å². The van der Waals surface area contributed by atoms with Crippen LogP contribution < -0.4 is 10.2 Å². The van der Waals surface area contributed by atoms with Gasteiger partial charge in [-0.15, -0.1) is 0 Å². The Labute approximate surface area is 123 Å². The number of anilines is 1. The zero-order chi connectivity index (χ0) is 14.5. The normalized spacial score (nSPS) is 15.0. The Hall–Kier alpha value is -2.37. The molecule has 3 rings (SSSR count). The molecule has 1 aliphatic rings. The van der Waals surface area contributed by atoms with Gasteiger partial charge in [0.1, 0.15) is 17.9 Å². The summed E-state index contributed by atoms with van der Waals surface area (Å²) < 4.78 is 4.89. The van der Waals surface area contributed by atoms with Gasteiger partial charge in [-0.1, -0.05) is 0 Å². The fraction of sp³-hybridized carbons (Fsp3) is 0.400. The smallest absolute Gasteiger partial charge is 0.254 e. The molecule has 1 N–H and O–H groups in total. The molecule has 0 spiro atoms. The van der Waals surface area contributed by atoms with E-state index in [0.29, 0.717) is 17.9 Å². The number of carbonyl (C=O) groups is 1. The summed E-state index contributed by atoms with van der Waals surface area (Å²) in [5, 5.41) is 2.79. The minimum Gasteiger partial charge on any atom is -0.472 e. The van der Waals surface area contributed by atoms with Crippen LogP contribution in [0.1, 0.15) is 35.4 Å². The summed E-state index contributed by atoms with van der Waals surface area (Å²) in [5.74, 6) is 1.38. The van der Waals surface area contributed by atoms with Crippen LogP contribution in [-0.2, 0) is 6.54 Å². The number of carbonyl (C=O) groups excluding carboxylic acids is 1. The summed E-state index contributed by atoms with van der Waals surface area (Å²) >= 11 is 0. The maximum atomic E-state index is 11.8. The molecule has 6 heteroatoms. The van der Waals surface area contributed by atoms with E-state index in [4.69, 9.17) is 4.42 Å². The molecule has 0 aromatic carbocycles. The van der Waals surface area contributed by atoms with Crippen LogP contribution in [0.15, 0.2) is 35.3 Å². The molecule has 0 bridgehead atoms. The lowest BCUT2D eigenvalue weighted by molar-refractivity contribution is 0.0949. The quantitative estimate of drug-likeness (QED) is 0.930. The minimum absolute atomic E-state index is 0.185. The SMILES string of the molecule is O=C(NCc1nccc(N2CCCCC2)n1)c1ccoc1. The van der Waals surface area contributed by atoms with Crippen LogP contribution in [0, 0.1) is 0 Å². The average Bonchev–Trinajstić information content (AvgIpc) is 3.08. The third kappa shape index (κ3) is 3.39. The second-order valence-corrected chi connectivity index (χ2v) is 5.07. The zero-order valence-electron chi connectivity index (χ0n) is 11.8. The number of nitrogens with one attached hydrogen (secondary N) is 1. The molecule has 2 aromatic heterocycles. The van der Waals surface area contributed by atoms with E-state index in [0.717, 1.165) is 18.9 Å². The van der Waals surface area contributed by atoms with Gasteiger partial charge in [0.2, 0.25) is 0 Å². The molecule has 110 valence electrons. The molecule has 3 heterocycles. The van der Waals surface area contributed by atoms with E-state index in [-0.39, 0.29) is 5.91 Å². The summed E-state index contributed by atoms with van der Waals surface area (Å²) in [5.41, 5.74) is 0.502. The Kier molecular flexibility index (Phi) is 4.14. The van der Waals surface area contributed by atoms with E-state index in [9.17, 15) is 4.79 Å². The number of nitrogens with zero attached hydrogens (tertiary/aromatic N) is 3. The van der Waals surface area contributed by atoms with Crippen LogP contribution in [0.2, 0.25) is 0 Å². The first-order valence-corrected chi connectivity index (χ1v) is 7.20. The highest BCUT2D eigenvalue weighted by Crippen LogP contribution is 2.16. The highest BCUT2D eigenvalue weighted by molar-refractivity contribution is 5.93. The van der Waals surface area contributed by atoms with Crippen molar-refractivity contribution in [3.05, 3.63) is 42.2 Å². The number of aromatic nitrogens is 2. The fourth-order valence-electron chi connectivity index (χ4n) is 2.43. The molecule has 0 aliphatic carbocycles. The highest BCUT2D eigenvalue weighted by atomic mass is 16.3. The Morgan fingerprint density at radius 1 is 1.29 bits per heavy atom. The molecule has 0 saturated carbocycles. The van der Waals surface area contributed by atoms with Crippen molar-refractivity contribution in [1.29, 1.82) is 0 Å². The number of piperidine rings is 1. The monoisotopic (exact) mass is 286 g/mol. The summed E-state index contributed by atoms with van der Waals surface area (Å²) in [4.78, 5) is 22.8. The van der Waals surface area contributed by atoms with Crippen molar-refractivity contribution < 1.29 is 9.21 Å². The standard InChI is InChI=1S/C15H18N4O2/c20-15(12-5-9-21-11-12)17-10-13-16-6-4-14(18-13)19-7-2-1-3-8-19/h4-6,9,11H,1-3,7-8,10H2,(H,17,20). The molecule has 21 heavy (non-hydrogen) atoms. The van der Waals surface area contributed by atoms with Gasteiger partial charge in [0.05, 0.1) is 18.4 Å². The van der Waals surface area contributed by atoms with Gasteiger partial charge >= 0.3 is 0 Å². The molecule has 0 radical (unpaired) electrons. The largest absolute Gasteiger partial charge is 0.472 e. The van der Waals surface area contributed by atoms with E-state index < -0.39 is 0 Å². The maximum absolute atomic E-state index is 11.8. The van der Waals surface area contributed by atoms with Crippen molar-refractivity contribution in [3.63, 3.8) is 0 Å². The summed E-state index contributed by atoms with van der Waals surface area (Å²) in [6.45, 7) is 2.39. The maximum Gasteiger partial charge on any atom is 0.254 e. The molecule has 1 saturated heterocycles. The first-order valence-electron chi connectivity index (χ1n) is 7.20. The van der Waals surface area contributed by atoms with Gasteiger partial charge in [0.15, 0.2) is 0 Å². The second kappa shape index (κ2) is 6.39. The van der Waals surface area contributed by atoms with Gasteiger partial charge in [-0.25, -0.2) is 9.97 Å². The van der Waals surface area contributed by atoms with E-state index in [2.05, 4.69) is 20.2 Å². The van der Waals surface area contributed by atoms with Crippen LogP contribution in [0.25, 0.3) is 0 Å². The van der Waals surface area contributed by atoms with Crippen LogP contribution >= 0.6 is 0 Å². The van der Waals surface area contributed by atoms with E-state index in [1.165, 1.54) is 31.8 Å². The van der Waals surface area contributed by atoms with Crippen LogP contribution in [0.5, 0.6) is 0 Å². The molecule has 1 amide bonds. The van der Waals surface area contributed by atoms with Crippen molar-refractivity contribution in [2.24, 2.45) is 0 Å². The van der Waals surface area contributed by atoms with E-state index in [1.54, 1.807) is 12.3 Å². The Bertz CT molecular complexity index is 591.